The number of hydrogen-bond donors (Lipinski definition) is 15. The first-order chi connectivity index (χ1) is 31.3. The van der Waals surface area contributed by atoms with Gasteiger partial charge >= 0.3 is 0 Å². The summed E-state index contributed by atoms with van der Waals surface area (Å²) in [5.41, 5.74) is 5.57. The Morgan fingerprint density at radius 3 is 1.38 bits per heavy atom. The number of rotatable bonds is 19. The van der Waals surface area contributed by atoms with Gasteiger partial charge in [0.05, 0.1) is 32.0 Å². The summed E-state index contributed by atoms with van der Waals surface area (Å²) in [6.07, 6.45) is -36.9. The van der Waals surface area contributed by atoms with E-state index in [1.807, 2.05) is 0 Å². The van der Waals surface area contributed by atoms with Crippen molar-refractivity contribution in [3.63, 3.8) is 0 Å². The lowest BCUT2D eigenvalue weighted by atomic mass is 9.93. The van der Waals surface area contributed by atoms with Gasteiger partial charge in [-0.1, -0.05) is 0 Å². The van der Waals surface area contributed by atoms with Gasteiger partial charge in [0.2, 0.25) is 11.8 Å². The number of aliphatic hydroxyl groups is 12. The Labute approximate surface area is 379 Å². The van der Waals surface area contributed by atoms with E-state index in [1.165, 1.54) is 13.8 Å². The Morgan fingerprint density at radius 2 is 0.894 bits per heavy atom. The van der Waals surface area contributed by atoms with E-state index in [1.54, 1.807) is 0 Å². The summed E-state index contributed by atoms with van der Waals surface area (Å²) >= 11 is 0. The third kappa shape index (κ3) is 12.7. The molecule has 66 heavy (non-hydrogen) atoms. The average molecular weight is 964 g/mol. The largest absolute Gasteiger partial charge is 0.394 e. The minimum absolute atomic E-state index is 0.0720. The van der Waals surface area contributed by atoms with Crippen molar-refractivity contribution >= 4 is 11.8 Å². The van der Waals surface area contributed by atoms with Crippen LogP contribution in [0.15, 0.2) is 0 Å². The molecular formula is C39H69N3O24. The molecule has 27 heteroatoms. The zero-order valence-electron chi connectivity index (χ0n) is 36.9. The third-order valence-electron chi connectivity index (χ3n) is 12.2. The third-order valence-corrected chi connectivity index (χ3v) is 12.2. The molecular weight excluding hydrogens is 894 g/mol. The number of nitrogens with two attached hydrogens (primary N) is 1. The molecule has 384 valence electrons. The molecule has 0 spiro atoms. The van der Waals surface area contributed by atoms with Gasteiger partial charge in [0, 0.05) is 20.5 Å². The van der Waals surface area contributed by atoms with E-state index in [-0.39, 0.29) is 6.61 Å². The van der Waals surface area contributed by atoms with E-state index in [0.29, 0.717) is 25.8 Å². The van der Waals surface area contributed by atoms with Crippen LogP contribution in [0.1, 0.15) is 47.0 Å². The monoisotopic (exact) mass is 963 g/mol. The number of carbonyl (C=O) groups excluding carboxylic acids is 2. The van der Waals surface area contributed by atoms with Gasteiger partial charge in [0.15, 0.2) is 31.5 Å². The van der Waals surface area contributed by atoms with Crippen LogP contribution < -0.4 is 16.4 Å². The van der Waals surface area contributed by atoms with Crippen LogP contribution in [0.25, 0.3) is 0 Å². The van der Waals surface area contributed by atoms with Crippen LogP contribution in [-0.4, -0.2) is 259 Å². The Morgan fingerprint density at radius 1 is 0.470 bits per heavy atom. The molecule has 27 nitrogen and oxygen atoms in total. The van der Waals surface area contributed by atoms with Crippen molar-refractivity contribution < 1.29 is 118 Å². The fraction of sp³-hybridized carbons (Fsp3) is 0.949. The number of hydrogen-bond acceptors (Lipinski definition) is 25. The second kappa shape index (κ2) is 24.7. The van der Waals surface area contributed by atoms with Crippen LogP contribution in [0, 0.1) is 0 Å². The van der Waals surface area contributed by atoms with Crippen molar-refractivity contribution in [2.45, 2.75) is 200 Å². The first-order valence-electron chi connectivity index (χ1n) is 22.0. The molecule has 5 heterocycles. The van der Waals surface area contributed by atoms with Crippen molar-refractivity contribution in [1.82, 2.24) is 10.6 Å². The van der Waals surface area contributed by atoms with E-state index in [2.05, 4.69) is 10.6 Å². The highest BCUT2D eigenvalue weighted by Gasteiger charge is 2.58. The standard InChI is InChI=1S/C39H69N3O24/c1-13-22(48)26(52)28(54)38(58-13)64-32-20(41-15(3)46)35(60-17(10-43)24(32)50)63-31-19(12-45)62-36(21(42-16(4)47)33(31)65-39-29(55)27(53)23(49)14(2)59-39)66-34-25(51)18(11-44)61-37(30(34)56)57-9-7-5-6-8-40/h13-14,17-39,43-45,48-56H,5-12,40H2,1-4H3,(H,41,46)(H,42,47)/t13-,14-,17+,18+,19+,20+,21+,22+,23+,24-,25-,26+,27+,28-,29-,30+,31+,32+,33+,34-,35-,36-,37-,38-,39-/m0/s1. The summed E-state index contributed by atoms with van der Waals surface area (Å²) in [7, 11) is 0. The van der Waals surface area contributed by atoms with E-state index in [4.69, 9.17) is 53.1 Å². The van der Waals surface area contributed by atoms with Crippen LogP contribution in [0.5, 0.6) is 0 Å². The van der Waals surface area contributed by atoms with E-state index in [9.17, 15) is 70.9 Å². The SMILES string of the molecule is CC(=O)N[C@H]1[C@H](O[C@H]2[C@@H](O)[C@@H](CO)O[C@H](OCCCCCN)[C@@H]2O)O[C@H](CO)[C@@H](O[C@@H]2O[C@H](CO)[C@H](O)[C@H](O[C@@H]3O[C@@H](C)[C@@H](O)[C@@H](O)[C@@H]3O)[C@H]2NC(C)=O)[C@@H]1O[C@@H]1O[C@@H](C)[C@@H](O)[C@@H](O)[C@@H]1O. The van der Waals surface area contributed by atoms with E-state index < -0.39 is 185 Å². The number of amides is 2. The fourth-order valence-electron chi connectivity index (χ4n) is 8.46. The second-order valence-electron chi connectivity index (χ2n) is 17.1. The zero-order chi connectivity index (χ0) is 48.7. The van der Waals surface area contributed by atoms with Gasteiger partial charge in [0.1, 0.15) is 110 Å². The van der Waals surface area contributed by atoms with Crippen molar-refractivity contribution in [1.29, 1.82) is 0 Å². The summed E-state index contributed by atoms with van der Waals surface area (Å²) < 4.78 is 59.7. The van der Waals surface area contributed by atoms with Gasteiger partial charge in [0.25, 0.3) is 0 Å². The normalized spacial score (nSPS) is 46.7. The highest BCUT2D eigenvalue weighted by molar-refractivity contribution is 5.73. The molecule has 0 aromatic rings. The number of nitrogens with one attached hydrogen (secondary N) is 2. The summed E-state index contributed by atoms with van der Waals surface area (Å²) in [5, 5.41) is 135. The van der Waals surface area contributed by atoms with Crippen LogP contribution in [0.4, 0.5) is 0 Å². The van der Waals surface area contributed by atoms with E-state index >= 15 is 0 Å². The fourth-order valence-corrected chi connectivity index (χ4v) is 8.46. The summed E-state index contributed by atoms with van der Waals surface area (Å²) in [6.45, 7) is 2.71. The maximum Gasteiger partial charge on any atom is 0.217 e. The maximum absolute atomic E-state index is 13.0. The molecule has 0 radical (unpaired) electrons. The number of ether oxygens (including phenoxy) is 10. The van der Waals surface area contributed by atoms with Gasteiger partial charge in [-0.15, -0.1) is 0 Å². The smallest absolute Gasteiger partial charge is 0.217 e. The number of unbranched alkanes of at least 4 members (excludes halogenated alkanes) is 2. The molecule has 5 aliphatic heterocycles. The summed E-state index contributed by atoms with van der Waals surface area (Å²) in [4.78, 5) is 25.8. The molecule has 5 aliphatic rings. The Kier molecular flexibility index (Phi) is 20.6. The quantitative estimate of drug-likeness (QED) is 0.0535. The lowest BCUT2D eigenvalue weighted by Gasteiger charge is -2.52. The summed E-state index contributed by atoms with van der Waals surface area (Å²) in [5.74, 6) is -1.55. The van der Waals surface area contributed by atoms with Gasteiger partial charge in [-0.25, -0.2) is 0 Å². The Hall–Kier alpha value is -1.98. The molecule has 0 aliphatic carbocycles. The lowest BCUT2D eigenvalue weighted by molar-refractivity contribution is -0.385. The highest BCUT2D eigenvalue weighted by Crippen LogP contribution is 2.37. The highest BCUT2D eigenvalue weighted by atomic mass is 16.8. The van der Waals surface area contributed by atoms with Crippen LogP contribution in [0.2, 0.25) is 0 Å². The Bertz CT molecular complexity index is 1510. The molecule has 2 amide bonds. The van der Waals surface area contributed by atoms with Crippen molar-refractivity contribution in [2.24, 2.45) is 5.73 Å². The van der Waals surface area contributed by atoms with Crippen LogP contribution in [0.3, 0.4) is 0 Å². The molecule has 16 N–H and O–H groups in total. The second-order valence-corrected chi connectivity index (χ2v) is 17.1. The van der Waals surface area contributed by atoms with Gasteiger partial charge < -0.3 is 125 Å². The molecule has 0 saturated carbocycles. The van der Waals surface area contributed by atoms with E-state index in [0.717, 1.165) is 13.8 Å². The van der Waals surface area contributed by atoms with Gasteiger partial charge in [-0.2, -0.15) is 0 Å². The van der Waals surface area contributed by atoms with Gasteiger partial charge in [-0.3, -0.25) is 9.59 Å². The molecule has 0 aromatic carbocycles. The number of carbonyl (C=O) groups is 2. The maximum atomic E-state index is 13.0. The molecule has 0 bridgehead atoms. The van der Waals surface area contributed by atoms with Crippen molar-refractivity contribution in [2.75, 3.05) is 33.0 Å². The molecule has 0 unspecified atom stereocenters. The van der Waals surface area contributed by atoms with Crippen LogP contribution in [-0.2, 0) is 57.0 Å². The molecule has 0 aromatic heterocycles. The molecule has 5 saturated heterocycles. The average Bonchev–Trinajstić information content (AvgIpc) is 3.28. The minimum Gasteiger partial charge on any atom is -0.394 e. The first-order valence-corrected chi connectivity index (χ1v) is 22.0. The predicted molar refractivity (Wildman–Crippen MR) is 214 cm³/mol. The summed E-state index contributed by atoms with van der Waals surface area (Å²) in [6, 6.07) is -3.31. The van der Waals surface area contributed by atoms with Crippen LogP contribution >= 0.6 is 0 Å². The topological polar surface area (TPSA) is 419 Å². The predicted octanol–water partition coefficient (Wildman–Crippen LogP) is -8.43. The lowest BCUT2D eigenvalue weighted by Crippen LogP contribution is -2.72. The minimum atomic E-state index is -1.99. The van der Waals surface area contributed by atoms with Gasteiger partial charge in [-0.05, 0) is 39.7 Å². The van der Waals surface area contributed by atoms with Crippen molar-refractivity contribution in [3.05, 3.63) is 0 Å². The first kappa shape index (κ1) is 55.0. The molecule has 25 atom stereocenters. The number of aliphatic hydroxyl groups excluding tert-OH is 12. The molecule has 5 rings (SSSR count). The van der Waals surface area contributed by atoms with Crippen molar-refractivity contribution in [3.8, 4) is 0 Å². The molecule has 5 fully saturated rings. The zero-order valence-corrected chi connectivity index (χ0v) is 36.9. The Balaban J connectivity index is 1.54.